The highest BCUT2D eigenvalue weighted by Crippen LogP contribution is 2.25. The predicted octanol–water partition coefficient (Wildman–Crippen LogP) is 1.36. The normalized spacial score (nSPS) is 17.9. The fourth-order valence-electron chi connectivity index (χ4n) is 3.20. The number of aliphatic hydroxyl groups excluding tert-OH is 1. The van der Waals surface area contributed by atoms with Crippen molar-refractivity contribution in [3.63, 3.8) is 0 Å². The van der Waals surface area contributed by atoms with Gasteiger partial charge in [-0.1, -0.05) is 0 Å². The van der Waals surface area contributed by atoms with Gasteiger partial charge in [0.25, 0.3) is 0 Å². The first-order chi connectivity index (χ1) is 12.7. The summed E-state index contributed by atoms with van der Waals surface area (Å²) in [6.07, 6.45) is -0.731. The molecule has 2 amide bonds. The summed E-state index contributed by atoms with van der Waals surface area (Å²) in [4.78, 5) is 39.3. The number of aliphatic hydroxyl groups is 1. The highest BCUT2D eigenvalue weighted by atomic mass is 16.5. The number of amides is 2. The Kier molecular flexibility index (Phi) is 6.27. The number of ether oxygens (including phenoxy) is 2. The van der Waals surface area contributed by atoms with Crippen LogP contribution in [0.4, 0.5) is 4.79 Å². The molecule has 2 rings (SSSR count). The van der Waals surface area contributed by atoms with E-state index in [0.717, 1.165) is 0 Å². The van der Waals surface area contributed by atoms with E-state index in [9.17, 15) is 19.5 Å². The molecule has 0 aromatic carbocycles. The van der Waals surface area contributed by atoms with Crippen LogP contribution in [0.15, 0.2) is 11.3 Å². The smallest absolute Gasteiger partial charge is 0.355 e. The topological polar surface area (TPSA) is 130 Å². The number of hydrogen-bond donors (Lipinski definition) is 4. The molecule has 0 spiro atoms. The lowest BCUT2D eigenvalue weighted by atomic mass is 10.0. The second-order valence-corrected chi connectivity index (χ2v) is 6.35. The van der Waals surface area contributed by atoms with E-state index in [1.54, 1.807) is 34.6 Å². The molecule has 1 aliphatic rings. The fourth-order valence-corrected chi connectivity index (χ4v) is 3.20. The Morgan fingerprint density at radius 1 is 1.22 bits per heavy atom. The molecule has 9 nitrogen and oxygen atoms in total. The van der Waals surface area contributed by atoms with Gasteiger partial charge >= 0.3 is 18.0 Å². The molecular weight excluding hydrogens is 354 g/mol. The SMILES string of the molecule is CCOC(=O)C1=C(COC(=O)c2[nH]c(C)c([C@@H](C)O)c2C)NC(=O)N[C@@H]1C. The van der Waals surface area contributed by atoms with Gasteiger partial charge in [-0.15, -0.1) is 0 Å². The molecular formula is C18H25N3O6. The number of urea groups is 1. The van der Waals surface area contributed by atoms with Crippen molar-refractivity contribution in [1.29, 1.82) is 0 Å². The molecule has 0 saturated carbocycles. The number of esters is 2. The fraction of sp³-hybridized carbons (Fsp3) is 0.500. The van der Waals surface area contributed by atoms with E-state index in [0.29, 0.717) is 16.8 Å². The molecule has 148 valence electrons. The van der Waals surface area contributed by atoms with Crippen molar-refractivity contribution < 1.29 is 29.0 Å². The Balaban J connectivity index is 2.23. The number of aromatic amines is 1. The van der Waals surface area contributed by atoms with Gasteiger partial charge in [-0.2, -0.15) is 0 Å². The maximum Gasteiger partial charge on any atom is 0.355 e. The average Bonchev–Trinajstić information content (AvgIpc) is 2.86. The van der Waals surface area contributed by atoms with E-state index in [1.165, 1.54) is 0 Å². The van der Waals surface area contributed by atoms with Gasteiger partial charge in [-0.25, -0.2) is 14.4 Å². The lowest BCUT2D eigenvalue weighted by Gasteiger charge is -2.26. The van der Waals surface area contributed by atoms with E-state index in [1.807, 2.05) is 0 Å². The molecule has 0 bridgehead atoms. The van der Waals surface area contributed by atoms with Crippen molar-refractivity contribution in [2.45, 2.75) is 46.8 Å². The Labute approximate surface area is 157 Å². The first kappa shape index (κ1) is 20.5. The van der Waals surface area contributed by atoms with Crippen LogP contribution in [0.1, 0.15) is 54.2 Å². The van der Waals surface area contributed by atoms with Crippen LogP contribution in [0.2, 0.25) is 0 Å². The van der Waals surface area contributed by atoms with Gasteiger partial charge < -0.3 is 30.2 Å². The Morgan fingerprint density at radius 3 is 2.44 bits per heavy atom. The van der Waals surface area contributed by atoms with E-state index in [-0.39, 0.29) is 30.2 Å². The third kappa shape index (κ3) is 4.30. The van der Waals surface area contributed by atoms with Crippen LogP contribution < -0.4 is 10.6 Å². The average molecular weight is 379 g/mol. The number of aryl methyl sites for hydroxylation is 1. The monoisotopic (exact) mass is 379 g/mol. The van der Waals surface area contributed by atoms with Gasteiger partial charge in [0.2, 0.25) is 0 Å². The first-order valence-electron chi connectivity index (χ1n) is 8.69. The van der Waals surface area contributed by atoms with Crippen LogP contribution in [0, 0.1) is 13.8 Å². The molecule has 1 aliphatic heterocycles. The maximum atomic E-state index is 12.5. The molecule has 0 saturated heterocycles. The molecule has 0 aliphatic carbocycles. The molecule has 0 unspecified atom stereocenters. The Morgan fingerprint density at radius 2 is 1.89 bits per heavy atom. The molecule has 27 heavy (non-hydrogen) atoms. The summed E-state index contributed by atoms with van der Waals surface area (Å²) in [7, 11) is 0. The molecule has 1 aromatic heterocycles. The van der Waals surface area contributed by atoms with Crippen LogP contribution in [0.25, 0.3) is 0 Å². The number of rotatable bonds is 6. The van der Waals surface area contributed by atoms with Crippen molar-refractivity contribution in [3.05, 3.63) is 33.8 Å². The summed E-state index contributed by atoms with van der Waals surface area (Å²) in [6.45, 7) is 8.27. The van der Waals surface area contributed by atoms with E-state index in [4.69, 9.17) is 9.47 Å². The van der Waals surface area contributed by atoms with Gasteiger partial charge in [0.1, 0.15) is 12.3 Å². The van der Waals surface area contributed by atoms with Crippen molar-refractivity contribution in [2.75, 3.05) is 13.2 Å². The second-order valence-electron chi connectivity index (χ2n) is 6.35. The second kappa shape index (κ2) is 8.26. The Bertz CT molecular complexity index is 793. The highest BCUT2D eigenvalue weighted by Gasteiger charge is 2.30. The number of hydrogen-bond acceptors (Lipinski definition) is 6. The minimum absolute atomic E-state index is 0.176. The molecule has 0 fully saturated rings. The van der Waals surface area contributed by atoms with Crippen LogP contribution >= 0.6 is 0 Å². The van der Waals surface area contributed by atoms with Crippen LogP contribution in [-0.2, 0) is 14.3 Å². The van der Waals surface area contributed by atoms with E-state index in [2.05, 4.69) is 15.6 Å². The quantitative estimate of drug-likeness (QED) is 0.552. The third-order valence-corrected chi connectivity index (χ3v) is 4.33. The summed E-state index contributed by atoms with van der Waals surface area (Å²) in [5, 5.41) is 14.9. The lowest BCUT2D eigenvalue weighted by Crippen LogP contribution is -2.50. The van der Waals surface area contributed by atoms with Crippen molar-refractivity contribution in [3.8, 4) is 0 Å². The zero-order chi connectivity index (χ0) is 20.3. The standard InChI is InChI=1S/C18H25N3O6/c1-6-26-16(23)14-10(4)20-18(25)21-12(14)7-27-17(24)15-8(2)13(11(5)22)9(3)19-15/h10-11,19,22H,6-7H2,1-5H3,(H2,20,21,25)/t10-,11-/m1/s1. The summed E-state index contributed by atoms with van der Waals surface area (Å²) < 4.78 is 10.3. The van der Waals surface area contributed by atoms with Gasteiger partial charge in [0.05, 0.1) is 30.0 Å². The van der Waals surface area contributed by atoms with Crippen LogP contribution in [0.5, 0.6) is 0 Å². The van der Waals surface area contributed by atoms with Crippen molar-refractivity contribution in [1.82, 2.24) is 15.6 Å². The number of aromatic nitrogens is 1. The molecule has 0 radical (unpaired) electrons. The molecule has 2 atom stereocenters. The van der Waals surface area contributed by atoms with Crippen LogP contribution in [0.3, 0.4) is 0 Å². The predicted molar refractivity (Wildman–Crippen MR) is 96.0 cm³/mol. The molecule has 4 N–H and O–H groups in total. The number of carbonyl (C=O) groups excluding carboxylic acids is 3. The summed E-state index contributed by atoms with van der Waals surface area (Å²) in [5.41, 5.74) is 2.50. The number of nitrogens with one attached hydrogen (secondary N) is 3. The van der Waals surface area contributed by atoms with Crippen molar-refractivity contribution >= 4 is 18.0 Å². The van der Waals surface area contributed by atoms with E-state index >= 15 is 0 Å². The zero-order valence-electron chi connectivity index (χ0n) is 16.1. The first-order valence-corrected chi connectivity index (χ1v) is 8.69. The number of H-pyrrole nitrogens is 1. The molecule has 2 heterocycles. The maximum absolute atomic E-state index is 12.5. The highest BCUT2D eigenvalue weighted by molar-refractivity contribution is 5.95. The van der Waals surface area contributed by atoms with Gasteiger partial charge in [-0.05, 0) is 40.2 Å². The van der Waals surface area contributed by atoms with Crippen molar-refractivity contribution in [2.24, 2.45) is 0 Å². The zero-order valence-corrected chi connectivity index (χ0v) is 16.1. The van der Waals surface area contributed by atoms with Gasteiger partial charge in [-0.3, -0.25) is 0 Å². The largest absolute Gasteiger partial charge is 0.463 e. The summed E-state index contributed by atoms with van der Waals surface area (Å²) in [5.74, 6) is -1.24. The lowest BCUT2D eigenvalue weighted by molar-refractivity contribution is -0.139. The summed E-state index contributed by atoms with van der Waals surface area (Å²) >= 11 is 0. The van der Waals surface area contributed by atoms with Gasteiger partial charge in [0, 0.05) is 11.3 Å². The minimum Gasteiger partial charge on any atom is -0.463 e. The van der Waals surface area contributed by atoms with Crippen LogP contribution in [-0.4, -0.2) is 47.3 Å². The third-order valence-electron chi connectivity index (χ3n) is 4.33. The van der Waals surface area contributed by atoms with E-state index < -0.39 is 30.1 Å². The molecule has 9 heteroatoms. The Hall–Kier alpha value is -2.81. The molecule has 1 aromatic rings. The van der Waals surface area contributed by atoms with Gasteiger partial charge in [0.15, 0.2) is 0 Å². The minimum atomic E-state index is -0.731. The summed E-state index contributed by atoms with van der Waals surface area (Å²) in [6, 6.07) is -1.08. The number of carbonyl (C=O) groups is 3.